The fourth-order valence-electron chi connectivity index (χ4n) is 6.65. The van der Waals surface area contributed by atoms with Crippen molar-refractivity contribution in [1.82, 2.24) is 5.32 Å². The molecule has 1 N–H and O–H groups in total. The minimum Gasteiger partial charge on any atom is -0.494 e. The lowest BCUT2D eigenvalue weighted by molar-refractivity contribution is -0.146. The molecule has 2 atom stereocenters. The summed E-state index contributed by atoms with van der Waals surface area (Å²) in [6, 6.07) is 28.7. The molecular weight excluding hydrogens is 677 g/mol. The minimum atomic E-state index is -4.32. The Balaban J connectivity index is 0.000000278. The quantitative estimate of drug-likeness (QED) is 0.110. The maximum atomic E-state index is 12.7. The van der Waals surface area contributed by atoms with Gasteiger partial charge in [0.1, 0.15) is 12.4 Å². The van der Waals surface area contributed by atoms with E-state index >= 15 is 0 Å². The SMILES string of the molecule is Cc1ccc(CNC(=O)CCCOc2ccc(COC(=O)CC3CC(C)CC(C)C3)cc2)cc1.Cc1ccc(N(C)c2cccc(C(F)(F)F)c2)cc1. The molecule has 284 valence electrons. The zero-order valence-corrected chi connectivity index (χ0v) is 31.5. The number of carbonyl (C=O) groups is 2. The van der Waals surface area contributed by atoms with Crippen LogP contribution >= 0.6 is 0 Å². The number of nitrogens with one attached hydrogen (secondary N) is 1. The number of rotatable bonds is 13. The molecule has 1 fully saturated rings. The van der Waals surface area contributed by atoms with Gasteiger partial charge in [-0.05, 0) is 111 Å². The third-order valence-electron chi connectivity index (χ3n) is 9.46. The number of anilines is 2. The molecule has 0 heterocycles. The van der Waals surface area contributed by atoms with Gasteiger partial charge in [-0.25, -0.2) is 0 Å². The Morgan fingerprint density at radius 2 is 1.40 bits per heavy atom. The number of hydrogen-bond donors (Lipinski definition) is 1. The molecule has 0 aliphatic heterocycles. The molecule has 6 nitrogen and oxygen atoms in total. The highest BCUT2D eigenvalue weighted by atomic mass is 19.4. The molecule has 0 aromatic heterocycles. The van der Waals surface area contributed by atoms with E-state index in [1.54, 1.807) is 18.0 Å². The van der Waals surface area contributed by atoms with E-state index in [9.17, 15) is 22.8 Å². The first-order valence-corrected chi connectivity index (χ1v) is 18.4. The maximum absolute atomic E-state index is 12.7. The zero-order chi connectivity index (χ0) is 38.4. The number of aryl methyl sites for hydroxylation is 2. The van der Waals surface area contributed by atoms with Crippen LogP contribution in [0.25, 0.3) is 0 Å². The second-order valence-electron chi connectivity index (χ2n) is 14.4. The van der Waals surface area contributed by atoms with E-state index in [0.29, 0.717) is 55.9 Å². The van der Waals surface area contributed by atoms with Crippen LogP contribution in [-0.4, -0.2) is 25.5 Å². The molecular formula is C44H53F3N2O4. The molecule has 9 heteroatoms. The molecule has 53 heavy (non-hydrogen) atoms. The number of halogens is 3. The van der Waals surface area contributed by atoms with E-state index in [1.807, 2.05) is 86.6 Å². The lowest BCUT2D eigenvalue weighted by atomic mass is 9.75. The summed E-state index contributed by atoms with van der Waals surface area (Å²) in [6.07, 6.45) is 0.801. The molecule has 5 rings (SSSR count). The average molecular weight is 731 g/mol. The highest BCUT2D eigenvalue weighted by Crippen LogP contribution is 2.35. The van der Waals surface area contributed by atoms with Crippen molar-refractivity contribution < 1.29 is 32.2 Å². The van der Waals surface area contributed by atoms with Gasteiger partial charge in [-0.2, -0.15) is 13.2 Å². The topological polar surface area (TPSA) is 67.9 Å². The summed E-state index contributed by atoms with van der Waals surface area (Å²) in [5.41, 5.74) is 5.09. The number of hydrogen-bond acceptors (Lipinski definition) is 5. The van der Waals surface area contributed by atoms with E-state index in [1.165, 1.54) is 18.1 Å². The number of amides is 1. The van der Waals surface area contributed by atoms with Gasteiger partial charge in [-0.3, -0.25) is 9.59 Å². The van der Waals surface area contributed by atoms with Crippen LogP contribution in [0.4, 0.5) is 24.5 Å². The predicted molar refractivity (Wildman–Crippen MR) is 205 cm³/mol. The molecule has 1 saturated carbocycles. The van der Waals surface area contributed by atoms with Crippen LogP contribution < -0.4 is 15.0 Å². The molecule has 4 aromatic carbocycles. The van der Waals surface area contributed by atoms with Gasteiger partial charge < -0.3 is 19.7 Å². The number of ether oxygens (including phenoxy) is 2. The van der Waals surface area contributed by atoms with Gasteiger partial charge in [0, 0.05) is 37.8 Å². The molecule has 1 aliphatic carbocycles. The Kier molecular flexibility index (Phi) is 15.4. The average Bonchev–Trinajstić information content (AvgIpc) is 3.12. The maximum Gasteiger partial charge on any atom is 0.416 e. The molecule has 0 spiro atoms. The van der Waals surface area contributed by atoms with Crippen molar-refractivity contribution in [1.29, 1.82) is 0 Å². The number of carbonyl (C=O) groups excluding carboxylic acids is 2. The highest BCUT2D eigenvalue weighted by molar-refractivity contribution is 5.75. The first-order chi connectivity index (χ1) is 25.2. The first-order valence-electron chi connectivity index (χ1n) is 18.4. The van der Waals surface area contributed by atoms with E-state index in [0.717, 1.165) is 53.1 Å². The summed E-state index contributed by atoms with van der Waals surface area (Å²) in [6.45, 7) is 9.88. The van der Waals surface area contributed by atoms with Crippen molar-refractivity contribution in [3.8, 4) is 5.75 Å². The lowest BCUT2D eigenvalue weighted by Gasteiger charge is -2.30. The van der Waals surface area contributed by atoms with Crippen LogP contribution in [0, 0.1) is 31.6 Å². The summed E-state index contributed by atoms with van der Waals surface area (Å²) in [4.78, 5) is 26.0. The summed E-state index contributed by atoms with van der Waals surface area (Å²) in [7, 11) is 1.75. The van der Waals surface area contributed by atoms with Gasteiger partial charge in [0.2, 0.25) is 5.91 Å². The van der Waals surface area contributed by atoms with Gasteiger partial charge >= 0.3 is 12.1 Å². The third kappa shape index (κ3) is 14.3. The fraction of sp³-hybridized carbons (Fsp3) is 0.409. The fourth-order valence-corrected chi connectivity index (χ4v) is 6.65. The van der Waals surface area contributed by atoms with Crippen molar-refractivity contribution in [2.75, 3.05) is 18.6 Å². The van der Waals surface area contributed by atoms with Crippen molar-refractivity contribution in [2.24, 2.45) is 17.8 Å². The summed E-state index contributed by atoms with van der Waals surface area (Å²) in [5.74, 6) is 2.52. The van der Waals surface area contributed by atoms with Crippen molar-refractivity contribution in [3.63, 3.8) is 0 Å². The number of nitrogens with zero attached hydrogens (tertiary/aromatic N) is 1. The van der Waals surface area contributed by atoms with Crippen LogP contribution in [0.2, 0.25) is 0 Å². The summed E-state index contributed by atoms with van der Waals surface area (Å²) in [5, 5.41) is 2.94. The normalized spacial score (nSPS) is 16.9. The molecule has 1 amide bonds. The minimum absolute atomic E-state index is 0.0264. The Hall–Kier alpha value is -4.79. The smallest absolute Gasteiger partial charge is 0.416 e. The van der Waals surface area contributed by atoms with Crippen LogP contribution in [0.5, 0.6) is 5.75 Å². The van der Waals surface area contributed by atoms with E-state index in [4.69, 9.17) is 9.47 Å². The molecule has 1 aliphatic rings. The van der Waals surface area contributed by atoms with Gasteiger partial charge in [-0.15, -0.1) is 0 Å². The molecule has 0 radical (unpaired) electrons. The predicted octanol–water partition coefficient (Wildman–Crippen LogP) is 10.8. The second-order valence-corrected chi connectivity index (χ2v) is 14.4. The van der Waals surface area contributed by atoms with Crippen molar-refractivity contribution in [3.05, 3.63) is 125 Å². The van der Waals surface area contributed by atoms with Crippen molar-refractivity contribution >= 4 is 23.3 Å². The Bertz CT molecular complexity index is 1710. The third-order valence-corrected chi connectivity index (χ3v) is 9.46. The van der Waals surface area contributed by atoms with Gasteiger partial charge in [0.15, 0.2) is 0 Å². The second kappa shape index (κ2) is 19.9. The van der Waals surface area contributed by atoms with Crippen LogP contribution in [0.3, 0.4) is 0 Å². The number of benzene rings is 4. The van der Waals surface area contributed by atoms with Crippen LogP contribution in [0.15, 0.2) is 97.1 Å². The number of alkyl halides is 3. The molecule has 2 unspecified atom stereocenters. The molecule has 0 saturated heterocycles. The van der Waals surface area contributed by atoms with E-state index < -0.39 is 11.7 Å². The molecule has 4 aromatic rings. The van der Waals surface area contributed by atoms with Crippen molar-refractivity contribution in [2.45, 2.75) is 85.5 Å². The van der Waals surface area contributed by atoms with Gasteiger partial charge in [-0.1, -0.05) is 79.6 Å². The molecule has 0 bridgehead atoms. The van der Waals surface area contributed by atoms with Gasteiger partial charge in [0.25, 0.3) is 0 Å². The monoisotopic (exact) mass is 730 g/mol. The van der Waals surface area contributed by atoms with Crippen LogP contribution in [-0.2, 0) is 33.7 Å². The lowest BCUT2D eigenvalue weighted by Crippen LogP contribution is -2.22. The zero-order valence-electron chi connectivity index (χ0n) is 31.5. The highest BCUT2D eigenvalue weighted by Gasteiger charge is 2.30. The summed E-state index contributed by atoms with van der Waals surface area (Å²) < 4.78 is 49.3. The van der Waals surface area contributed by atoms with E-state index in [-0.39, 0.29) is 18.5 Å². The number of esters is 1. The van der Waals surface area contributed by atoms with Crippen LogP contribution in [0.1, 0.15) is 80.2 Å². The Labute approximate surface area is 312 Å². The standard InChI is InChI=1S/C29H39NO4.C15H14F3N/c1-21-6-8-24(9-7-21)19-30-28(31)5-4-14-33-27-12-10-25(11-13-27)20-34-29(32)18-26-16-22(2)15-23(3)17-26;1-11-6-8-13(9-7-11)19(2)14-5-3-4-12(10-14)15(16,17)18/h6-13,22-23,26H,4-5,14-20H2,1-3H3,(H,30,31);3-10H,1-2H3. The Morgan fingerprint density at radius 1 is 0.792 bits per heavy atom. The van der Waals surface area contributed by atoms with E-state index in [2.05, 4.69) is 19.2 Å². The Morgan fingerprint density at radius 3 is 2.02 bits per heavy atom. The van der Waals surface area contributed by atoms with Gasteiger partial charge in [0.05, 0.1) is 12.2 Å². The first kappa shape index (κ1) is 41.0. The largest absolute Gasteiger partial charge is 0.494 e. The summed E-state index contributed by atoms with van der Waals surface area (Å²) >= 11 is 0.